The fourth-order valence-corrected chi connectivity index (χ4v) is 2.47. The summed E-state index contributed by atoms with van der Waals surface area (Å²) in [4.78, 5) is 0. The first-order valence-corrected chi connectivity index (χ1v) is 6.43. The van der Waals surface area contributed by atoms with Gasteiger partial charge in [0.15, 0.2) is 6.29 Å². The average molecular weight is 230 g/mol. The smallest absolute Gasteiger partial charge is 0.153 e. The molecule has 0 radical (unpaired) electrons. The van der Waals surface area contributed by atoms with Gasteiger partial charge >= 0.3 is 0 Å². The van der Waals surface area contributed by atoms with Crippen molar-refractivity contribution < 1.29 is 14.9 Å². The number of aliphatic hydroxyl groups excluding tert-OH is 1. The van der Waals surface area contributed by atoms with Crippen LogP contribution in [0.15, 0.2) is 0 Å². The lowest BCUT2D eigenvalue weighted by molar-refractivity contribution is -0.105. The molecular weight excluding hydrogens is 204 g/mol. The lowest BCUT2D eigenvalue weighted by atomic mass is 9.75. The predicted octanol–water partition coefficient (Wildman–Crippen LogP) is 2.31. The van der Waals surface area contributed by atoms with E-state index in [0.717, 1.165) is 24.7 Å². The molecule has 1 aliphatic rings. The third-order valence-electron chi connectivity index (χ3n) is 3.86. The maximum absolute atomic E-state index is 8.76. The van der Waals surface area contributed by atoms with Gasteiger partial charge in [-0.15, -0.1) is 0 Å². The van der Waals surface area contributed by atoms with Crippen LogP contribution in [-0.4, -0.2) is 28.7 Å². The Hall–Kier alpha value is -0.120. The molecule has 1 saturated carbocycles. The molecule has 1 fully saturated rings. The Morgan fingerprint density at radius 2 is 1.81 bits per heavy atom. The zero-order valence-electron chi connectivity index (χ0n) is 10.8. The van der Waals surface area contributed by atoms with Crippen molar-refractivity contribution in [3.63, 3.8) is 0 Å². The quantitative estimate of drug-likeness (QED) is 0.713. The van der Waals surface area contributed by atoms with E-state index in [-0.39, 0.29) is 5.60 Å². The van der Waals surface area contributed by atoms with Gasteiger partial charge in [-0.25, -0.2) is 0 Å². The second kappa shape index (κ2) is 5.99. The van der Waals surface area contributed by atoms with Gasteiger partial charge in [-0.05, 0) is 44.4 Å². The zero-order chi connectivity index (χ0) is 12.2. The molecule has 0 heterocycles. The second-order valence-electron chi connectivity index (χ2n) is 5.65. The van der Waals surface area contributed by atoms with E-state index < -0.39 is 6.29 Å². The van der Waals surface area contributed by atoms with Gasteiger partial charge in [0.05, 0.1) is 12.2 Å². The highest BCUT2D eigenvalue weighted by molar-refractivity contribution is 4.84. The van der Waals surface area contributed by atoms with Crippen molar-refractivity contribution in [3.8, 4) is 0 Å². The summed E-state index contributed by atoms with van der Waals surface area (Å²) in [6.07, 6.45) is 3.72. The van der Waals surface area contributed by atoms with Crippen LogP contribution in [0.4, 0.5) is 0 Å². The Bertz CT molecular complexity index is 188. The molecule has 0 atom stereocenters. The molecule has 0 spiro atoms. The minimum Gasteiger partial charge on any atom is -0.375 e. The molecule has 0 aromatic heterocycles. The van der Waals surface area contributed by atoms with Crippen molar-refractivity contribution in [2.45, 2.75) is 64.8 Å². The molecule has 1 rings (SSSR count). The molecule has 16 heavy (non-hydrogen) atoms. The van der Waals surface area contributed by atoms with E-state index in [0.29, 0.717) is 13.0 Å². The van der Waals surface area contributed by atoms with Crippen molar-refractivity contribution in [2.75, 3.05) is 6.61 Å². The van der Waals surface area contributed by atoms with E-state index in [1.165, 1.54) is 12.8 Å². The Morgan fingerprint density at radius 1 is 1.25 bits per heavy atom. The van der Waals surface area contributed by atoms with Gasteiger partial charge in [-0.1, -0.05) is 13.8 Å². The Morgan fingerprint density at radius 3 is 2.25 bits per heavy atom. The first kappa shape index (κ1) is 13.9. The van der Waals surface area contributed by atoms with Crippen LogP contribution >= 0.6 is 0 Å². The number of aliphatic hydroxyl groups is 2. The second-order valence-corrected chi connectivity index (χ2v) is 5.65. The topological polar surface area (TPSA) is 49.7 Å². The first-order chi connectivity index (χ1) is 7.43. The van der Waals surface area contributed by atoms with Crippen molar-refractivity contribution in [1.29, 1.82) is 0 Å². The Labute approximate surface area is 98.8 Å². The maximum Gasteiger partial charge on any atom is 0.153 e. The maximum atomic E-state index is 8.76. The number of hydrogen-bond donors (Lipinski definition) is 2. The summed E-state index contributed by atoms with van der Waals surface area (Å²) >= 11 is 0. The molecule has 0 bridgehead atoms. The molecule has 3 nitrogen and oxygen atoms in total. The van der Waals surface area contributed by atoms with Crippen LogP contribution in [-0.2, 0) is 4.74 Å². The molecule has 2 N–H and O–H groups in total. The highest BCUT2D eigenvalue weighted by Crippen LogP contribution is 2.37. The van der Waals surface area contributed by atoms with Crippen LogP contribution in [0.5, 0.6) is 0 Å². The summed E-state index contributed by atoms with van der Waals surface area (Å²) in [6.45, 7) is 7.17. The molecule has 0 aromatic rings. The van der Waals surface area contributed by atoms with Gasteiger partial charge in [0, 0.05) is 6.42 Å². The monoisotopic (exact) mass is 230 g/mol. The number of ether oxygens (including phenoxy) is 1. The molecule has 96 valence electrons. The van der Waals surface area contributed by atoms with Crippen molar-refractivity contribution in [3.05, 3.63) is 0 Å². The van der Waals surface area contributed by atoms with E-state index in [9.17, 15) is 0 Å². The van der Waals surface area contributed by atoms with E-state index in [4.69, 9.17) is 14.9 Å². The minimum absolute atomic E-state index is 0.0414. The van der Waals surface area contributed by atoms with Gasteiger partial charge in [0.1, 0.15) is 0 Å². The van der Waals surface area contributed by atoms with Crippen LogP contribution in [0.25, 0.3) is 0 Å². The van der Waals surface area contributed by atoms with Crippen molar-refractivity contribution >= 4 is 0 Å². The first-order valence-electron chi connectivity index (χ1n) is 6.43. The fraction of sp³-hybridized carbons (Fsp3) is 1.00. The van der Waals surface area contributed by atoms with Gasteiger partial charge in [-0.3, -0.25) is 0 Å². The summed E-state index contributed by atoms with van der Waals surface area (Å²) in [7, 11) is 0. The highest BCUT2D eigenvalue weighted by Gasteiger charge is 2.32. The Balaban J connectivity index is 2.27. The molecular formula is C13H26O3. The lowest BCUT2D eigenvalue weighted by Gasteiger charge is -2.38. The normalized spacial score (nSPS) is 31.3. The van der Waals surface area contributed by atoms with E-state index in [1.807, 2.05) is 0 Å². The van der Waals surface area contributed by atoms with E-state index in [1.54, 1.807) is 0 Å². The molecule has 1 aliphatic carbocycles. The predicted molar refractivity (Wildman–Crippen MR) is 64.0 cm³/mol. The molecule has 0 unspecified atom stereocenters. The van der Waals surface area contributed by atoms with Gasteiger partial charge in [0.2, 0.25) is 0 Å². The lowest BCUT2D eigenvalue weighted by Crippen LogP contribution is -2.35. The summed E-state index contributed by atoms with van der Waals surface area (Å²) in [5.74, 6) is 1.60. The molecule has 0 aromatic carbocycles. The standard InChI is InChI=1S/C13H26O3/c1-10(2)11-4-7-13(3,8-5-11)16-9-6-12(14)15/h10-12,14-15H,4-9H2,1-3H3. The summed E-state index contributed by atoms with van der Waals surface area (Å²) in [6, 6.07) is 0. The molecule has 0 saturated heterocycles. The molecule has 3 heteroatoms. The summed E-state index contributed by atoms with van der Waals surface area (Å²) in [5.41, 5.74) is -0.0414. The van der Waals surface area contributed by atoms with Crippen LogP contribution < -0.4 is 0 Å². The SMILES string of the molecule is CC(C)C1CCC(C)(OCCC(O)O)CC1. The van der Waals surface area contributed by atoms with Crippen LogP contribution in [0.3, 0.4) is 0 Å². The largest absolute Gasteiger partial charge is 0.375 e. The average Bonchev–Trinajstić information content (AvgIpc) is 2.17. The zero-order valence-corrected chi connectivity index (χ0v) is 10.8. The summed E-state index contributed by atoms with van der Waals surface area (Å²) in [5, 5.41) is 17.5. The van der Waals surface area contributed by atoms with Gasteiger partial charge in [0.25, 0.3) is 0 Å². The van der Waals surface area contributed by atoms with Crippen LogP contribution in [0.1, 0.15) is 52.9 Å². The Kier molecular flexibility index (Phi) is 5.22. The van der Waals surface area contributed by atoms with Gasteiger partial charge in [-0.2, -0.15) is 0 Å². The highest BCUT2D eigenvalue weighted by atomic mass is 16.5. The van der Waals surface area contributed by atoms with Gasteiger partial charge < -0.3 is 14.9 Å². The van der Waals surface area contributed by atoms with Crippen molar-refractivity contribution in [2.24, 2.45) is 11.8 Å². The molecule has 0 amide bonds. The third-order valence-corrected chi connectivity index (χ3v) is 3.86. The van der Waals surface area contributed by atoms with Crippen LogP contribution in [0, 0.1) is 11.8 Å². The summed E-state index contributed by atoms with van der Waals surface area (Å²) < 4.78 is 5.79. The number of rotatable bonds is 5. The fourth-order valence-electron chi connectivity index (χ4n) is 2.47. The van der Waals surface area contributed by atoms with E-state index in [2.05, 4.69) is 20.8 Å². The molecule has 0 aliphatic heterocycles. The minimum atomic E-state index is -1.24. The number of hydrogen-bond acceptors (Lipinski definition) is 3. The van der Waals surface area contributed by atoms with E-state index >= 15 is 0 Å². The third kappa shape index (κ3) is 4.40. The van der Waals surface area contributed by atoms with Crippen LogP contribution in [0.2, 0.25) is 0 Å². The van der Waals surface area contributed by atoms with Crippen molar-refractivity contribution in [1.82, 2.24) is 0 Å².